The van der Waals surface area contributed by atoms with E-state index in [1.807, 2.05) is 25.4 Å². The first kappa shape index (κ1) is 14.6. The van der Waals surface area contributed by atoms with E-state index in [-0.39, 0.29) is 22.7 Å². The first-order valence-electron chi connectivity index (χ1n) is 6.39. The second kappa shape index (κ2) is 6.11. The van der Waals surface area contributed by atoms with Gasteiger partial charge in [-0.25, -0.2) is 4.98 Å². The van der Waals surface area contributed by atoms with Gasteiger partial charge in [0.15, 0.2) is 0 Å². The van der Waals surface area contributed by atoms with Crippen LogP contribution in [0.15, 0.2) is 29.8 Å². The lowest BCUT2D eigenvalue weighted by Crippen LogP contribution is -2.22. The van der Waals surface area contributed by atoms with E-state index in [4.69, 9.17) is 0 Å². The summed E-state index contributed by atoms with van der Waals surface area (Å²) in [6.45, 7) is 6.07. The minimum atomic E-state index is -0.368. The van der Waals surface area contributed by atoms with Gasteiger partial charge in [-0.1, -0.05) is 12.1 Å². The number of hydrogen-bond acceptors (Lipinski definition) is 5. The zero-order chi connectivity index (χ0) is 14.7. The highest BCUT2D eigenvalue weighted by Gasteiger charge is 2.16. The Bertz CT molecular complexity index is 612. The summed E-state index contributed by atoms with van der Waals surface area (Å²) in [4.78, 5) is 15.9. The molecule has 1 heterocycles. The molecule has 1 aromatic heterocycles. The van der Waals surface area contributed by atoms with Crippen molar-refractivity contribution in [2.24, 2.45) is 0 Å². The summed E-state index contributed by atoms with van der Waals surface area (Å²) in [5.74, 6) is 0. The third kappa shape index (κ3) is 3.20. The highest BCUT2D eigenvalue weighted by atomic mass is 32.1. The van der Waals surface area contributed by atoms with Crippen LogP contribution in [-0.4, -0.2) is 9.91 Å². The molecule has 106 valence electrons. The minimum Gasteiger partial charge on any atom is -0.303 e. The van der Waals surface area contributed by atoms with Crippen molar-refractivity contribution in [2.75, 3.05) is 0 Å². The molecule has 0 amide bonds. The van der Waals surface area contributed by atoms with E-state index in [1.165, 1.54) is 10.9 Å². The predicted molar refractivity (Wildman–Crippen MR) is 79.9 cm³/mol. The summed E-state index contributed by atoms with van der Waals surface area (Å²) in [5.41, 5.74) is 3.90. The Morgan fingerprint density at radius 3 is 2.70 bits per heavy atom. The number of aromatic nitrogens is 1. The molecule has 1 N–H and O–H groups in total. The average molecular weight is 291 g/mol. The van der Waals surface area contributed by atoms with Crippen molar-refractivity contribution < 1.29 is 4.92 Å². The van der Waals surface area contributed by atoms with Crippen LogP contribution in [0, 0.1) is 17.0 Å². The highest BCUT2D eigenvalue weighted by Crippen LogP contribution is 2.25. The molecule has 20 heavy (non-hydrogen) atoms. The van der Waals surface area contributed by atoms with Crippen LogP contribution in [0.3, 0.4) is 0 Å². The van der Waals surface area contributed by atoms with Crippen LogP contribution in [-0.2, 0) is 0 Å². The summed E-state index contributed by atoms with van der Waals surface area (Å²) < 4.78 is 0. The normalized spacial score (nSPS) is 13.9. The molecule has 2 rings (SSSR count). The second-order valence-corrected chi connectivity index (χ2v) is 5.65. The van der Waals surface area contributed by atoms with Crippen molar-refractivity contribution in [3.05, 3.63) is 56.0 Å². The molecule has 0 aliphatic carbocycles. The smallest absolute Gasteiger partial charge is 0.269 e. The van der Waals surface area contributed by atoms with E-state index in [1.54, 1.807) is 23.5 Å². The van der Waals surface area contributed by atoms with Crippen molar-refractivity contribution in [3.63, 3.8) is 0 Å². The van der Waals surface area contributed by atoms with Crippen LogP contribution in [0.2, 0.25) is 0 Å². The van der Waals surface area contributed by atoms with Gasteiger partial charge in [0.2, 0.25) is 0 Å². The monoisotopic (exact) mass is 291 g/mol. The Kier molecular flexibility index (Phi) is 4.46. The molecule has 0 bridgehead atoms. The molecule has 0 radical (unpaired) electrons. The molecule has 2 atom stereocenters. The third-order valence-corrected chi connectivity index (χ3v) is 4.37. The van der Waals surface area contributed by atoms with E-state index >= 15 is 0 Å². The Morgan fingerprint density at radius 1 is 1.35 bits per heavy atom. The molecule has 6 heteroatoms. The van der Waals surface area contributed by atoms with Gasteiger partial charge in [-0.3, -0.25) is 10.1 Å². The van der Waals surface area contributed by atoms with Gasteiger partial charge in [0.25, 0.3) is 5.69 Å². The number of nitrogens with zero attached hydrogens (tertiary/aromatic N) is 2. The van der Waals surface area contributed by atoms with Gasteiger partial charge in [0.05, 0.1) is 16.1 Å². The number of nitrogens with one attached hydrogen (secondary N) is 1. The lowest BCUT2D eigenvalue weighted by atomic mass is 10.1. The lowest BCUT2D eigenvalue weighted by molar-refractivity contribution is -0.384. The summed E-state index contributed by atoms with van der Waals surface area (Å²) in [5, 5.41) is 14.3. The van der Waals surface area contributed by atoms with E-state index in [2.05, 4.69) is 17.2 Å². The lowest BCUT2D eigenvalue weighted by Gasteiger charge is -2.19. The summed E-state index contributed by atoms with van der Waals surface area (Å²) >= 11 is 1.62. The molecular formula is C14H17N3O2S. The largest absolute Gasteiger partial charge is 0.303 e. The van der Waals surface area contributed by atoms with Crippen LogP contribution in [0.4, 0.5) is 5.69 Å². The summed E-state index contributed by atoms with van der Waals surface area (Å²) in [6, 6.07) is 6.94. The quantitative estimate of drug-likeness (QED) is 0.672. The molecule has 0 fully saturated rings. The fraction of sp³-hybridized carbons (Fsp3) is 0.357. The first-order chi connectivity index (χ1) is 9.49. The summed E-state index contributed by atoms with van der Waals surface area (Å²) in [7, 11) is 0. The zero-order valence-corrected chi connectivity index (χ0v) is 12.5. The number of benzene rings is 1. The third-order valence-electron chi connectivity index (χ3n) is 3.26. The minimum absolute atomic E-state index is 0.0337. The van der Waals surface area contributed by atoms with Crippen molar-refractivity contribution in [1.82, 2.24) is 10.3 Å². The van der Waals surface area contributed by atoms with Crippen molar-refractivity contribution in [2.45, 2.75) is 32.9 Å². The highest BCUT2D eigenvalue weighted by molar-refractivity contribution is 7.09. The molecule has 2 aromatic rings. The van der Waals surface area contributed by atoms with Crippen LogP contribution < -0.4 is 5.32 Å². The number of thiazole rings is 1. The standard InChI is InChI=1S/C14H17N3O2S/c1-9(12-5-4-6-13(7-12)17(18)19)16-11(3)14-10(2)15-8-20-14/h4-9,11,16H,1-3H3. The summed E-state index contributed by atoms with van der Waals surface area (Å²) in [6.07, 6.45) is 0. The molecule has 1 aromatic carbocycles. The van der Waals surface area contributed by atoms with Crippen LogP contribution in [0.1, 0.15) is 42.1 Å². The van der Waals surface area contributed by atoms with Crippen LogP contribution in [0.5, 0.6) is 0 Å². The zero-order valence-electron chi connectivity index (χ0n) is 11.7. The fourth-order valence-corrected chi connectivity index (χ4v) is 3.00. The number of rotatable bonds is 5. The number of aryl methyl sites for hydroxylation is 1. The van der Waals surface area contributed by atoms with E-state index < -0.39 is 0 Å². The van der Waals surface area contributed by atoms with E-state index in [0.717, 1.165) is 11.3 Å². The molecule has 0 aliphatic rings. The maximum atomic E-state index is 10.8. The Labute approximate surface area is 121 Å². The van der Waals surface area contributed by atoms with Crippen LogP contribution >= 0.6 is 11.3 Å². The van der Waals surface area contributed by atoms with E-state index in [9.17, 15) is 10.1 Å². The first-order valence-corrected chi connectivity index (χ1v) is 7.27. The number of nitro benzene ring substituents is 1. The second-order valence-electron chi connectivity index (χ2n) is 4.76. The maximum absolute atomic E-state index is 10.8. The molecule has 0 aliphatic heterocycles. The van der Waals surface area contributed by atoms with Crippen LogP contribution in [0.25, 0.3) is 0 Å². The van der Waals surface area contributed by atoms with Gasteiger partial charge in [-0.05, 0) is 26.3 Å². The number of nitro groups is 1. The Hall–Kier alpha value is -1.79. The topological polar surface area (TPSA) is 68.1 Å². The fourth-order valence-electron chi connectivity index (χ4n) is 2.18. The Morgan fingerprint density at radius 2 is 2.10 bits per heavy atom. The SMILES string of the molecule is Cc1ncsc1C(C)NC(C)c1cccc([N+](=O)[O-])c1. The molecule has 0 spiro atoms. The van der Waals surface area contributed by atoms with Gasteiger partial charge in [-0.15, -0.1) is 11.3 Å². The van der Waals surface area contributed by atoms with Crippen molar-refractivity contribution in [1.29, 1.82) is 0 Å². The van der Waals surface area contributed by atoms with Gasteiger partial charge in [0, 0.05) is 29.1 Å². The van der Waals surface area contributed by atoms with Gasteiger partial charge in [-0.2, -0.15) is 0 Å². The molecule has 2 unspecified atom stereocenters. The maximum Gasteiger partial charge on any atom is 0.269 e. The molecular weight excluding hydrogens is 274 g/mol. The van der Waals surface area contributed by atoms with Crippen molar-refractivity contribution >= 4 is 17.0 Å². The average Bonchev–Trinajstić information content (AvgIpc) is 2.85. The van der Waals surface area contributed by atoms with Gasteiger partial charge < -0.3 is 5.32 Å². The molecule has 0 saturated heterocycles. The molecule has 5 nitrogen and oxygen atoms in total. The molecule has 0 saturated carbocycles. The van der Waals surface area contributed by atoms with E-state index in [0.29, 0.717) is 0 Å². The Balaban J connectivity index is 2.12. The van der Waals surface area contributed by atoms with Crippen molar-refractivity contribution in [3.8, 4) is 0 Å². The number of hydrogen-bond donors (Lipinski definition) is 1. The van der Waals surface area contributed by atoms with Gasteiger partial charge >= 0.3 is 0 Å². The predicted octanol–water partition coefficient (Wildman–Crippen LogP) is 3.77. The number of non-ortho nitro benzene ring substituents is 1. The van der Waals surface area contributed by atoms with Gasteiger partial charge in [0.1, 0.15) is 0 Å².